The van der Waals surface area contributed by atoms with Crippen LogP contribution < -0.4 is 5.32 Å². The predicted molar refractivity (Wildman–Crippen MR) is 161 cm³/mol. The number of aromatic nitrogens is 4. The maximum Gasteiger partial charge on any atom is 0.245 e. The molecule has 2 aromatic carbocycles. The summed E-state index contributed by atoms with van der Waals surface area (Å²) in [5.41, 5.74) is 4.44. The van der Waals surface area contributed by atoms with Crippen molar-refractivity contribution in [3.05, 3.63) is 77.5 Å². The summed E-state index contributed by atoms with van der Waals surface area (Å²) in [4.78, 5) is 50.4. The number of aliphatic hydroxyl groups is 1. The first-order chi connectivity index (χ1) is 20.6. The molecule has 2 aliphatic rings. The lowest BCUT2D eigenvalue weighted by Crippen LogP contribution is -2.52. The minimum absolute atomic E-state index is 0.0270. The standard InChI is InChI=1S/C33H36N6O4/c1-19-10-23(24-15-34-21(3)35-16-24)12-26-30(20(2)41)37-38(31(19)26)17-29(42)39-27(13-33(4)14-28(33)39)32(43)36-25(18-40)11-22-8-6-5-7-9-22/h5-10,12,15-16,25,27-28,40H,11,13-14,17-18H2,1-4H3,(H,36,43)/t25-,27-,28+,33-/m0/s1. The van der Waals surface area contributed by atoms with Crippen LogP contribution in [0.15, 0.2) is 54.9 Å². The molecule has 0 unspecified atom stereocenters. The van der Waals surface area contributed by atoms with Gasteiger partial charge in [-0.1, -0.05) is 37.3 Å². The maximum atomic E-state index is 13.9. The molecule has 10 heteroatoms. The Morgan fingerprint density at radius 1 is 1.07 bits per heavy atom. The zero-order valence-electron chi connectivity index (χ0n) is 24.9. The van der Waals surface area contributed by atoms with Crippen LogP contribution in [-0.4, -0.2) is 72.1 Å². The Kier molecular flexibility index (Phi) is 7.33. The molecular weight excluding hydrogens is 544 g/mol. The van der Waals surface area contributed by atoms with E-state index >= 15 is 0 Å². The summed E-state index contributed by atoms with van der Waals surface area (Å²) >= 11 is 0. The molecule has 222 valence electrons. The van der Waals surface area contributed by atoms with Gasteiger partial charge in [-0.15, -0.1) is 0 Å². The van der Waals surface area contributed by atoms with Gasteiger partial charge < -0.3 is 15.3 Å². The Hall–Kier alpha value is -4.44. The summed E-state index contributed by atoms with van der Waals surface area (Å²) in [7, 11) is 0. The molecule has 2 N–H and O–H groups in total. The summed E-state index contributed by atoms with van der Waals surface area (Å²) in [6, 6.07) is 12.4. The number of Topliss-reactive ketones (excluding diaryl/α,β-unsaturated/α-hetero) is 1. The van der Waals surface area contributed by atoms with E-state index in [1.807, 2.05) is 56.3 Å². The summed E-state index contributed by atoms with van der Waals surface area (Å²) in [5.74, 6) is -0.00635. The van der Waals surface area contributed by atoms with Gasteiger partial charge in [0.15, 0.2) is 5.78 Å². The number of likely N-dealkylation sites (tertiary alicyclic amines) is 1. The van der Waals surface area contributed by atoms with Crippen LogP contribution in [0.4, 0.5) is 0 Å². The first-order valence-corrected chi connectivity index (χ1v) is 14.7. The van der Waals surface area contributed by atoms with E-state index in [0.29, 0.717) is 35.3 Å². The second-order valence-corrected chi connectivity index (χ2v) is 12.2. The van der Waals surface area contributed by atoms with Crippen molar-refractivity contribution in [2.75, 3.05) is 6.61 Å². The normalized spacial score (nSPS) is 21.5. The van der Waals surface area contributed by atoms with E-state index in [1.54, 1.807) is 22.0 Å². The fourth-order valence-electron chi connectivity index (χ4n) is 6.54. The van der Waals surface area contributed by atoms with Crippen molar-refractivity contribution in [3.63, 3.8) is 0 Å². The van der Waals surface area contributed by atoms with Gasteiger partial charge in [0.1, 0.15) is 24.1 Å². The van der Waals surface area contributed by atoms with Crippen LogP contribution in [0.1, 0.15) is 54.1 Å². The summed E-state index contributed by atoms with van der Waals surface area (Å²) in [6.45, 7) is 7.03. The third-order valence-electron chi connectivity index (χ3n) is 8.88. The van der Waals surface area contributed by atoms with Crippen molar-refractivity contribution in [2.24, 2.45) is 5.41 Å². The van der Waals surface area contributed by atoms with E-state index in [-0.39, 0.29) is 42.2 Å². The summed E-state index contributed by atoms with van der Waals surface area (Å²) in [5, 5.41) is 18.2. The smallest absolute Gasteiger partial charge is 0.245 e. The highest BCUT2D eigenvalue weighted by atomic mass is 16.3. The van der Waals surface area contributed by atoms with Gasteiger partial charge >= 0.3 is 0 Å². The number of nitrogens with one attached hydrogen (secondary N) is 1. The Bertz CT molecular complexity index is 1720. The van der Waals surface area contributed by atoms with Crippen LogP contribution in [0, 0.1) is 19.3 Å². The zero-order valence-corrected chi connectivity index (χ0v) is 24.9. The third kappa shape index (κ3) is 5.43. The van der Waals surface area contributed by atoms with Gasteiger partial charge in [0.2, 0.25) is 11.8 Å². The molecule has 2 fully saturated rings. The van der Waals surface area contributed by atoms with E-state index < -0.39 is 12.1 Å². The largest absolute Gasteiger partial charge is 0.394 e. The molecule has 2 amide bonds. The maximum absolute atomic E-state index is 13.9. The quantitative estimate of drug-likeness (QED) is 0.290. The number of nitrogens with zero attached hydrogens (tertiary/aromatic N) is 5. The Morgan fingerprint density at radius 2 is 1.79 bits per heavy atom. The fourth-order valence-corrected chi connectivity index (χ4v) is 6.54. The highest BCUT2D eigenvalue weighted by molar-refractivity contribution is 6.07. The van der Waals surface area contributed by atoms with E-state index in [9.17, 15) is 19.5 Å². The van der Waals surface area contributed by atoms with E-state index in [2.05, 4.69) is 27.3 Å². The topological polar surface area (TPSA) is 130 Å². The molecule has 43 heavy (non-hydrogen) atoms. The van der Waals surface area contributed by atoms with Crippen LogP contribution in [0.25, 0.3) is 22.0 Å². The van der Waals surface area contributed by atoms with Gasteiger partial charge in [0, 0.05) is 36.3 Å². The first-order valence-electron chi connectivity index (χ1n) is 14.7. The molecule has 4 atom stereocenters. The Morgan fingerprint density at radius 3 is 2.47 bits per heavy atom. The molecule has 0 bridgehead atoms. The van der Waals surface area contributed by atoms with E-state index in [4.69, 9.17) is 0 Å². The molecule has 2 aromatic heterocycles. The van der Waals surface area contributed by atoms with Crippen molar-refractivity contribution >= 4 is 28.5 Å². The minimum Gasteiger partial charge on any atom is -0.394 e. The number of benzene rings is 2. The lowest BCUT2D eigenvalue weighted by Gasteiger charge is -2.28. The SMILES string of the molecule is CC(=O)c1nn(CC(=O)N2[C@H](C(=O)N[C@H](CO)Cc3ccccc3)C[C@@]3(C)C[C@@H]23)c2c(C)cc(-c3cnc(C)nc3)cc12. The number of amides is 2. The number of fused-ring (bicyclic) bond motifs is 2. The summed E-state index contributed by atoms with van der Waals surface area (Å²) < 4.78 is 1.60. The first kappa shape index (κ1) is 28.7. The monoisotopic (exact) mass is 580 g/mol. The van der Waals surface area contributed by atoms with E-state index in [0.717, 1.165) is 28.7 Å². The van der Waals surface area contributed by atoms with Gasteiger partial charge in [-0.05, 0) is 67.3 Å². The number of hydrogen-bond acceptors (Lipinski definition) is 7. The Labute approximate surface area is 250 Å². The van der Waals surface area contributed by atoms with Crippen LogP contribution >= 0.6 is 0 Å². The van der Waals surface area contributed by atoms with Crippen molar-refractivity contribution in [3.8, 4) is 11.1 Å². The van der Waals surface area contributed by atoms with Crippen molar-refractivity contribution in [1.29, 1.82) is 0 Å². The van der Waals surface area contributed by atoms with Crippen LogP contribution in [0.3, 0.4) is 0 Å². The number of piperidine rings is 1. The number of aliphatic hydroxyl groups excluding tert-OH is 1. The summed E-state index contributed by atoms with van der Waals surface area (Å²) in [6.07, 6.45) is 5.40. The van der Waals surface area contributed by atoms with Gasteiger partial charge in [-0.3, -0.25) is 19.1 Å². The number of carbonyl (C=O) groups excluding carboxylic acids is 3. The number of aryl methyl sites for hydroxylation is 2. The highest BCUT2D eigenvalue weighted by Gasteiger charge is 2.64. The average Bonchev–Trinajstić information content (AvgIpc) is 3.33. The van der Waals surface area contributed by atoms with Gasteiger partial charge in [0.25, 0.3) is 0 Å². The fraction of sp³-hybridized carbons (Fsp3) is 0.394. The molecule has 4 aromatic rings. The molecular formula is C33H36N6O4. The number of hydrogen-bond donors (Lipinski definition) is 2. The molecule has 6 rings (SSSR count). The van der Waals surface area contributed by atoms with Gasteiger partial charge in [0.05, 0.1) is 18.2 Å². The third-order valence-corrected chi connectivity index (χ3v) is 8.88. The molecule has 3 heterocycles. The number of carbonyl (C=O) groups is 3. The van der Waals surface area contributed by atoms with Crippen LogP contribution in [0.5, 0.6) is 0 Å². The highest BCUT2D eigenvalue weighted by Crippen LogP contribution is 2.59. The van der Waals surface area contributed by atoms with Crippen molar-refractivity contribution in [1.82, 2.24) is 30.0 Å². The second kappa shape index (κ2) is 11.0. The molecule has 1 aliphatic heterocycles. The predicted octanol–water partition coefficient (Wildman–Crippen LogP) is 3.41. The van der Waals surface area contributed by atoms with E-state index in [1.165, 1.54) is 6.92 Å². The van der Waals surface area contributed by atoms with Gasteiger partial charge in [-0.25, -0.2) is 9.97 Å². The lowest BCUT2D eigenvalue weighted by atomic mass is 10.0. The lowest BCUT2D eigenvalue weighted by molar-refractivity contribution is -0.140. The zero-order chi connectivity index (χ0) is 30.5. The average molecular weight is 581 g/mol. The van der Waals surface area contributed by atoms with Crippen LogP contribution in [-0.2, 0) is 22.6 Å². The number of ketones is 1. The minimum atomic E-state index is -0.635. The Balaban J connectivity index is 1.26. The molecule has 1 saturated carbocycles. The molecule has 0 spiro atoms. The van der Waals surface area contributed by atoms with Crippen LogP contribution in [0.2, 0.25) is 0 Å². The second-order valence-electron chi connectivity index (χ2n) is 12.2. The molecule has 1 aliphatic carbocycles. The number of rotatable bonds is 9. The molecule has 10 nitrogen and oxygen atoms in total. The molecule has 0 radical (unpaired) electrons. The molecule has 1 saturated heterocycles. The van der Waals surface area contributed by atoms with Crippen molar-refractivity contribution in [2.45, 2.75) is 71.6 Å². The van der Waals surface area contributed by atoms with Crippen molar-refractivity contribution < 1.29 is 19.5 Å². The van der Waals surface area contributed by atoms with Gasteiger partial charge in [-0.2, -0.15) is 5.10 Å².